The second kappa shape index (κ2) is 10.3. The number of sulfonamides is 1. The van der Waals surface area contributed by atoms with Gasteiger partial charge < -0.3 is 9.80 Å². The quantitative estimate of drug-likeness (QED) is 0.459. The molecule has 0 bridgehead atoms. The smallest absolute Gasteiger partial charge is 0.269 e. The lowest BCUT2D eigenvalue weighted by molar-refractivity contribution is -0.142. The Hall–Kier alpha value is -2.93. The fourth-order valence-electron chi connectivity index (χ4n) is 4.95. The Morgan fingerprint density at radius 1 is 0.947 bits per heavy atom. The van der Waals surface area contributed by atoms with Gasteiger partial charge in [-0.2, -0.15) is 4.72 Å². The number of benzene rings is 2. The minimum Gasteiger partial charge on any atom is -0.341 e. The molecule has 0 aliphatic carbocycles. The van der Waals surface area contributed by atoms with Crippen molar-refractivity contribution in [1.82, 2.24) is 18.5 Å². The van der Waals surface area contributed by atoms with Crippen LogP contribution in [0, 0.1) is 0 Å². The van der Waals surface area contributed by atoms with Crippen LogP contribution in [0.15, 0.2) is 64.5 Å². The standard InChI is InChI=1S/C25H27ClN4O6S2/c26-19-10-11-22-18(15-19)16-24(30(22)38(35,36)20-7-2-1-3-8-20)37(33,34)27-21-9-6-14-29(25(21)32)17-23(31)28-12-4-5-13-28/h1-3,7-8,10-11,15-16,21,27H,4-6,9,12-14,17H2/t21-/m0/s1. The van der Waals surface area contributed by atoms with Gasteiger partial charge >= 0.3 is 0 Å². The number of nitrogens with zero attached hydrogens (tertiary/aromatic N) is 3. The van der Waals surface area contributed by atoms with Crippen LogP contribution in [0.5, 0.6) is 0 Å². The monoisotopic (exact) mass is 578 g/mol. The molecule has 2 amide bonds. The summed E-state index contributed by atoms with van der Waals surface area (Å²) in [6, 6.07) is 12.0. The highest BCUT2D eigenvalue weighted by Crippen LogP contribution is 2.31. The number of hydrogen-bond donors (Lipinski definition) is 1. The predicted molar refractivity (Wildman–Crippen MR) is 142 cm³/mol. The summed E-state index contributed by atoms with van der Waals surface area (Å²) >= 11 is 6.10. The van der Waals surface area contributed by atoms with Crippen LogP contribution in [0.3, 0.4) is 0 Å². The Morgan fingerprint density at radius 3 is 2.37 bits per heavy atom. The molecule has 1 N–H and O–H groups in total. The fraction of sp³-hybridized carbons (Fsp3) is 0.360. The molecule has 3 heterocycles. The van der Waals surface area contributed by atoms with Crippen molar-refractivity contribution in [3.8, 4) is 0 Å². The van der Waals surface area contributed by atoms with E-state index in [-0.39, 0.29) is 29.3 Å². The summed E-state index contributed by atoms with van der Waals surface area (Å²) in [4.78, 5) is 28.8. The van der Waals surface area contributed by atoms with Gasteiger partial charge in [0.2, 0.25) is 11.8 Å². The number of likely N-dealkylation sites (tertiary alicyclic amines) is 2. The zero-order valence-electron chi connectivity index (χ0n) is 20.4. The van der Waals surface area contributed by atoms with Crippen molar-refractivity contribution in [3.05, 3.63) is 59.6 Å². The van der Waals surface area contributed by atoms with Gasteiger partial charge in [0.25, 0.3) is 20.0 Å². The van der Waals surface area contributed by atoms with Gasteiger partial charge in [-0.15, -0.1) is 0 Å². The normalized spacial score (nSPS) is 18.9. The van der Waals surface area contributed by atoms with Crippen molar-refractivity contribution in [2.24, 2.45) is 0 Å². The molecule has 13 heteroatoms. The number of carbonyl (C=O) groups is 2. The first-order chi connectivity index (χ1) is 18.1. The third-order valence-corrected chi connectivity index (χ3v) is 10.4. The first kappa shape index (κ1) is 26.7. The van der Waals surface area contributed by atoms with Crippen LogP contribution in [0.25, 0.3) is 10.9 Å². The van der Waals surface area contributed by atoms with Crippen molar-refractivity contribution in [3.63, 3.8) is 0 Å². The molecule has 2 aliphatic heterocycles. The van der Waals surface area contributed by atoms with E-state index in [0.29, 0.717) is 36.5 Å². The van der Waals surface area contributed by atoms with E-state index in [1.807, 2.05) is 0 Å². The zero-order chi connectivity index (χ0) is 27.1. The molecule has 0 unspecified atom stereocenters. The minimum absolute atomic E-state index is 0.0933. The lowest BCUT2D eigenvalue weighted by atomic mass is 10.1. The average Bonchev–Trinajstić information content (AvgIpc) is 3.56. The molecule has 10 nitrogen and oxygen atoms in total. The largest absolute Gasteiger partial charge is 0.341 e. The summed E-state index contributed by atoms with van der Waals surface area (Å²) < 4.78 is 57.8. The van der Waals surface area contributed by atoms with E-state index in [2.05, 4.69) is 4.72 Å². The molecule has 2 aromatic carbocycles. The molecule has 1 atom stereocenters. The van der Waals surface area contributed by atoms with Crippen molar-refractivity contribution < 1.29 is 26.4 Å². The molecule has 2 saturated heterocycles. The third kappa shape index (κ3) is 5.05. The van der Waals surface area contributed by atoms with Gasteiger partial charge in [-0.25, -0.2) is 20.8 Å². The van der Waals surface area contributed by atoms with Crippen molar-refractivity contribution in [1.29, 1.82) is 0 Å². The van der Waals surface area contributed by atoms with Gasteiger partial charge in [-0.3, -0.25) is 9.59 Å². The molecule has 5 rings (SSSR count). The molecule has 3 aromatic rings. The van der Waals surface area contributed by atoms with Gasteiger partial charge in [0.15, 0.2) is 5.03 Å². The highest BCUT2D eigenvalue weighted by Gasteiger charge is 2.37. The van der Waals surface area contributed by atoms with Crippen LogP contribution in [-0.2, 0) is 29.6 Å². The number of aromatic nitrogens is 1. The zero-order valence-corrected chi connectivity index (χ0v) is 22.8. The number of rotatable bonds is 7. The van der Waals surface area contributed by atoms with Crippen LogP contribution >= 0.6 is 11.6 Å². The van der Waals surface area contributed by atoms with Gasteiger partial charge in [0.1, 0.15) is 6.04 Å². The molecular formula is C25H27ClN4O6S2. The number of halogens is 1. The maximum atomic E-state index is 13.7. The topological polar surface area (TPSA) is 126 Å². The summed E-state index contributed by atoms with van der Waals surface area (Å²) in [7, 11) is -8.84. The van der Waals surface area contributed by atoms with Crippen molar-refractivity contribution in [2.75, 3.05) is 26.2 Å². The Morgan fingerprint density at radius 2 is 1.66 bits per heavy atom. The average molecular weight is 579 g/mol. The molecule has 1 aromatic heterocycles. The third-order valence-electron chi connectivity index (χ3n) is 6.86. The molecule has 202 valence electrons. The van der Waals surface area contributed by atoms with Crippen LogP contribution in [0.4, 0.5) is 0 Å². The summed E-state index contributed by atoms with van der Waals surface area (Å²) in [5.74, 6) is -0.672. The molecule has 38 heavy (non-hydrogen) atoms. The molecule has 0 saturated carbocycles. The maximum Gasteiger partial charge on any atom is 0.269 e. The number of piperidine rings is 1. The molecule has 0 radical (unpaired) electrons. The molecule has 0 spiro atoms. The van der Waals surface area contributed by atoms with E-state index in [9.17, 15) is 26.4 Å². The van der Waals surface area contributed by atoms with Gasteiger partial charge in [0, 0.05) is 30.0 Å². The van der Waals surface area contributed by atoms with E-state index < -0.39 is 37.0 Å². The number of carbonyl (C=O) groups excluding carboxylic acids is 2. The maximum absolute atomic E-state index is 13.7. The molecule has 2 aliphatic rings. The number of hydrogen-bond acceptors (Lipinski definition) is 6. The Balaban J connectivity index is 1.48. The summed E-state index contributed by atoms with van der Waals surface area (Å²) in [6.07, 6.45) is 2.57. The van der Waals surface area contributed by atoms with Gasteiger partial charge in [0.05, 0.1) is 17.0 Å². The summed E-state index contributed by atoms with van der Waals surface area (Å²) in [5.41, 5.74) is 0.131. The van der Waals surface area contributed by atoms with Crippen LogP contribution in [-0.4, -0.2) is 74.6 Å². The van der Waals surface area contributed by atoms with Crippen LogP contribution in [0.2, 0.25) is 5.02 Å². The summed E-state index contributed by atoms with van der Waals surface area (Å²) in [6.45, 7) is 1.54. The number of amides is 2. The second-order valence-corrected chi connectivity index (χ2v) is 13.3. The van der Waals surface area contributed by atoms with E-state index in [1.54, 1.807) is 23.1 Å². The second-order valence-electron chi connectivity index (χ2n) is 9.43. The lowest BCUT2D eigenvalue weighted by Crippen LogP contribution is -2.54. The lowest BCUT2D eigenvalue weighted by Gasteiger charge is -2.33. The minimum atomic E-state index is -4.51. The van der Waals surface area contributed by atoms with Crippen LogP contribution in [0.1, 0.15) is 25.7 Å². The van der Waals surface area contributed by atoms with Gasteiger partial charge in [-0.1, -0.05) is 29.8 Å². The van der Waals surface area contributed by atoms with Gasteiger partial charge in [-0.05, 0) is 62.1 Å². The fourth-order valence-corrected chi connectivity index (χ4v) is 8.46. The van der Waals surface area contributed by atoms with E-state index >= 15 is 0 Å². The first-order valence-corrected chi connectivity index (χ1v) is 15.6. The Labute approximate surface area is 226 Å². The number of nitrogens with one attached hydrogen (secondary N) is 1. The predicted octanol–water partition coefficient (Wildman–Crippen LogP) is 2.42. The number of fused-ring (bicyclic) bond motifs is 1. The highest BCUT2D eigenvalue weighted by atomic mass is 35.5. The molecular weight excluding hydrogens is 552 g/mol. The van der Waals surface area contributed by atoms with Crippen LogP contribution < -0.4 is 4.72 Å². The van der Waals surface area contributed by atoms with E-state index in [1.165, 1.54) is 41.3 Å². The summed E-state index contributed by atoms with van der Waals surface area (Å²) in [5, 5.41) is 0.0892. The van der Waals surface area contributed by atoms with E-state index in [0.717, 1.165) is 16.8 Å². The molecule has 2 fully saturated rings. The van der Waals surface area contributed by atoms with E-state index in [4.69, 9.17) is 11.6 Å². The highest BCUT2D eigenvalue weighted by molar-refractivity contribution is 7.92. The SMILES string of the molecule is O=C(CN1CCC[C@H](NS(=O)(=O)c2cc3cc(Cl)ccc3n2S(=O)(=O)c2ccccc2)C1=O)N1CCCC1. The Kier molecular flexibility index (Phi) is 7.25. The first-order valence-electron chi connectivity index (χ1n) is 12.3. The Bertz CT molecular complexity index is 1600. The van der Waals surface area contributed by atoms with Crippen molar-refractivity contribution >= 4 is 54.4 Å². The van der Waals surface area contributed by atoms with Crippen molar-refractivity contribution in [2.45, 2.75) is 41.6 Å².